The molecule has 0 atom stereocenters. The molecule has 0 aliphatic carbocycles. The Labute approximate surface area is 107 Å². The van der Waals surface area contributed by atoms with E-state index in [1.165, 1.54) is 36.4 Å². The van der Waals surface area contributed by atoms with Gasteiger partial charge in [-0.2, -0.15) is 0 Å². The first-order chi connectivity index (χ1) is 8.56. The number of carbonyl (C=O) groups is 1. The smallest absolute Gasteiger partial charge is 0.255 e. The fourth-order valence-corrected chi connectivity index (χ4v) is 1.60. The summed E-state index contributed by atoms with van der Waals surface area (Å²) in [6.45, 7) is 0. The molecule has 2 aromatic carbocycles. The molecule has 0 aliphatic rings. The number of nitrogens with one attached hydrogen (secondary N) is 1. The van der Waals surface area contributed by atoms with Crippen LogP contribution in [0.3, 0.4) is 0 Å². The molecular weight excluding hydrogens is 260 g/mol. The minimum absolute atomic E-state index is 0.102. The third kappa shape index (κ3) is 2.84. The van der Waals surface area contributed by atoms with Gasteiger partial charge in [0.05, 0.1) is 10.7 Å². The molecule has 0 radical (unpaired) electrons. The van der Waals surface area contributed by atoms with Crippen LogP contribution in [0.15, 0.2) is 42.5 Å². The fourth-order valence-electron chi connectivity index (χ4n) is 1.39. The molecule has 1 amide bonds. The summed E-state index contributed by atoms with van der Waals surface area (Å²) in [4.78, 5) is 11.8. The van der Waals surface area contributed by atoms with E-state index in [1.807, 2.05) is 0 Å². The van der Waals surface area contributed by atoms with Crippen molar-refractivity contribution in [1.82, 2.24) is 0 Å². The van der Waals surface area contributed by atoms with Crippen molar-refractivity contribution in [2.75, 3.05) is 5.32 Å². The molecule has 92 valence electrons. The molecule has 2 rings (SSSR count). The maximum Gasteiger partial charge on any atom is 0.255 e. The number of hydrogen-bond acceptors (Lipinski definition) is 1. The Balaban J connectivity index is 2.18. The lowest BCUT2D eigenvalue weighted by atomic mass is 10.2. The van der Waals surface area contributed by atoms with Crippen LogP contribution in [0, 0.1) is 11.6 Å². The van der Waals surface area contributed by atoms with Gasteiger partial charge in [0, 0.05) is 5.56 Å². The monoisotopic (exact) mass is 267 g/mol. The average Bonchev–Trinajstić information content (AvgIpc) is 2.33. The minimum Gasteiger partial charge on any atom is -0.321 e. The van der Waals surface area contributed by atoms with Crippen LogP contribution >= 0.6 is 11.6 Å². The van der Waals surface area contributed by atoms with Crippen molar-refractivity contribution in [1.29, 1.82) is 0 Å². The second-order valence-electron chi connectivity index (χ2n) is 3.59. The highest BCUT2D eigenvalue weighted by atomic mass is 35.5. The topological polar surface area (TPSA) is 29.1 Å². The van der Waals surface area contributed by atoms with E-state index in [9.17, 15) is 13.6 Å². The Morgan fingerprint density at radius 1 is 1.00 bits per heavy atom. The van der Waals surface area contributed by atoms with E-state index in [0.717, 1.165) is 6.07 Å². The van der Waals surface area contributed by atoms with Gasteiger partial charge in [-0.1, -0.05) is 11.6 Å². The number of anilines is 1. The molecule has 0 heterocycles. The van der Waals surface area contributed by atoms with Crippen molar-refractivity contribution in [3.8, 4) is 0 Å². The van der Waals surface area contributed by atoms with Crippen LogP contribution in [0.25, 0.3) is 0 Å². The zero-order valence-electron chi connectivity index (χ0n) is 9.08. The van der Waals surface area contributed by atoms with Gasteiger partial charge in [-0.25, -0.2) is 8.78 Å². The molecule has 0 aromatic heterocycles. The molecule has 2 aromatic rings. The summed E-state index contributed by atoms with van der Waals surface area (Å²) in [6.07, 6.45) is 0. The zero-order chi connectivity index (χ0) is 13.1. The van der Waals surface area contributed by atoms with E-state index in [-0.39, 0.29) is 10.6 Å². The minimum atomic E-state index is -0.486. The Kier molecular flexibility index (Phi) is 3.58. The lowest BCUT2D eigenvalue weighted by Gasteiger charge is -2.07. The van der Waals surface area contributed by atoms with Gasteiger partial charge in [0.2, 0.25) is 0 Å². The van der Waals surface area contributed by atoms with Crippen LogP contribution < -0.4 is 5.32 Å². The van der Waals surface area contributed by atoms with Gasteiger partial charge < -0.3 is 5.32 Å². The van der Waals surface area contributed by atoms with Crippen molar-refractivity contribution in [3.63, 3.8) is 0 Å². The van der Waals surface area contributed by atoms with E-state index in [2.05, 4.69) is 5.32 Å². The Morgan fingerprint density at radius 2 is 1.61 bits per heavy atom. The highest BCUT2D eigenvalue weighted by Gasteiger charge is 2.09. The third-order valence-corrected chi connectivity index (χ3v) is 2.60. The molecule has 1 N–H and O–H groups in total. The van der Waals surface area contributed by atoms with Gasteiger partial charge in [0.25, 0.3) is 5.91 Å². The van der Waals surface area contributed by atoms with Crippen LogP contribution in [0.2, 0.25) is 5.02 Å². The van der Waals surface area contributed by atoms with Crippen molar-refractivity contribution >= 4 is 23.2 Å². The standard InChI is InChI=1S/C13H8ClF2NO/c14-11-7-10(16)5-6-12(11)17-13(18)8-1-3-9(15)4-2-8/h1-7H,(H,17,18). The maximum atomic E-state index is 12.8. The van der Waals surface area contributed by atoms with Gasteiger partial charge in [-0.15, -0.1) is 0 Å². The number of amides is 1. The van der Waals surface area contributed by atoms with Crippen LogP contribution in [0.5, 0.6) is 0 Å². The molecule has 18 heavy (non-hydrogen) atoms. The predicted octanol–water partition coefficient (Wildman–Crippen LogP) is 3.87. The number of hydrogen-bond donors (Lipinski definition) is 1. The van der Waals surface area contributed by atoms with E-state index in [1.54, 1.807) is 0 Å². The van der Waals surface area contributed by atoms with Crippen molar-refractivity contribution in [2.45, 2.75) is 0 Å². The number of halogens is 3. The van der Waals surface area contributed by atoms with E-state index < -0.39 is 17.5 Å². The first kappa shape index (κ1) is 12.5. The predicted molar refractivity (Wildman–Crippen MR) is 65.8 cm³/mol. The third-order valence-electron chi connectivity index (χ3n) is 2.29. The number of rotatable bonds is 2. The zero-order valence-corrected chi connectivity index (χ0v) is 9.84. The van der Waals surface area contributed by atoms with Gasteiger partial charge >= 0.3 is 0 Å². The second-order valence-corrected chi connectivity index (χ2v) is 3.99. The first-order valence-electron chi connectivity index (χ1n) is 5.08. The quantitative estimate of drug-likeness (QED) is 0.879. The molecule has 0 spiro atoms. The largest absolute Gasteiger partial charge is 0.321 e. The molecule has 5 heteroatoms. The SMILES string of the molecule is O=C(Nc1ccc(F)cc1Cl)c1ccc(F)cc1. The van der Waals surface area contributed by atoms with Gasteiger partial charge in [0.1, 0.15) is 11.6 Å². The maximum absolute atomic E-state index is 12.8. The highest BCUT2D eigenvalue weighted by Crippen LogP contribution is 2.23. The fraction of sp³-hybridized carbons (Fsp3) is 0. The summed E-state index contributed by atoms with van der Waals surface area (Å²) in [5.74, 6) is -1.35. The molecule has 0 saturated carbocycles. The molecule has 2 nitrogen and oxygen atoms in total. The molecular formula is C13H8ClF2NO. The second kappa shape index (κ2) is 5.14. The van der Waals surface area contributed by atoms with Gasteiger partial charge in [-0.3, -0.25) is 4.79 Å². The Morgan fingerprint density at radius 3 is 2.22 bits per heavy atom. The van der Waals surface area contributed by atoms with Crippen LogP contribution in [0.4, 0.5) is 14.5 Å². The molecule has 0 aliphatic heterocycles. The molecule has 0 saturated heterocycles. The summed E-state index contributed by atoms with van der Waals surface area (Å²) in [5.41, 5.74) is 0.587. The van der Waals surface area contributed by atoms with Gasteiger partial charge in [0.15, 0.2) is 0 Å². The van der Waals surface area contributed by atoms with E-state index in [4.69, 9.17) is 11.6 Å². The van der Waals surface area contributed by atoms with E-state index >= 15 is 0 Å². The molecule has 0 bridgehead atoms. The Hall–Kier alpha value is -1.94. The van der Waals surface area contributed by atoms with Crippen molar-refractivity contribution < 1.29 is 13.6 Å². The summed E-state index contributed by atoms with van der Waals surface area (Å²) in [6, 6.07) is 8.71. The van der Waals surface area contributed by atoms with E-state index in [0.29, 0.717) is 5.69 Å². The number of benzene rings is 2. The van der Waals surface area contributed by atoms with Crippen molar-refractivity contribution in [3.05, 3.63) is 64.7 Å². The molecule has 0 fully saturated rings. The summed E-state index contributed by atoms with van der Waals surface area (Å²) >= 11 is 5.77. The first-order valence-corrected chi connectivity index (χ1v) is 5.46. The summed E-state index contributed by atoms with van der Waals surface area (Å²) < 4.78 is 25.5. The normalized spacial score (nSPS) is 10.2. The highest BCUT2D eigenvalue weighted by molar-refractivity contribution is 6.33. The van der Waals surface area contributed by atoms with Crippen LogP contribution in [-0.4, -0.2) is 5.91 Å². The molecule has 0 unspecified atom stereocenters. The Bertz CT molecular complexity index is 584. The lowest BCUT2D eigenvalue weighted by Crippen LogP contribution is -2.12. The van der Waals surface area contributed by atoms with Crippen LogP contribution in [0.1, 0.15) is 10.4 Å². The average molecular weight is 268 g/mol. The summed E-state index contributed by atoms with van der Waals surface area (Å²) in [7, 11) is 0. The van der Waals surface area contributed by atoms with Crippen molar-refractivity contribution in [2.24, 2.45) is 0 Å². The van der Waals surface area contributed by atoms with Gasteiger partial charge in [-0.05, 0) is 42.5 Å². The number of carbonyl (C=O) groups excluding carboxylic acids is 1. The van der Waals surface area contributed by atoms with Crippen LogP contribution in [-0.2, 0) is 0 Å². The summed E-state index contributed by atoms with van der Waals surface area (Å²) in [5, 5.41) is 2.62. The lowest BCUT2D eigenvalue weighted by molar-refractivity contribution is 0.102.